The maximum atomic E-state index is 6.37. The third-order valence-electron chi connectivity index (χ3n) is 4.59. The summed E-state index contributed by atoms with van der Waals surface area (Å²) in [5, 5.41) is 0. The van der Waals surface area contributed by atoms with Crippen LogP contribution in [0.15, 0.2) is 0 Å². The Kier molecular flexibility index (Phi) is 4.10. The van der Waals surface area contributed by atoms with Crippen LogP contribution < -0.4 is 5.73 Å². The topological polar surface area (TPSA) is 62.9 Å². The quantitative estimate of drug-likeness (QED) is 0.824. The molecule has 0 aromatic heterocycles. The molecule has 3 fully saturated rings. The summed E-state index contributed by atoms with van der Waals surface area (Å²) in [4.78, 5) is 0. The average Bonchev–Trinajstić information content (AvgIpc) is 2.88. The molecule has 5 heteroatoms. The number of ether oxygens (including phenoxy) is 4. The molecule has 5 nitrogen and oxygen atoms in total. The molecule has 19 heavy (non-hydrogen) atoms. The highest BCUT2D eigenvalue weighted by molar-refractivity contribution is 4.93. The first-order valence-electron chi connectivity index (χ1n) is 7.43. The van der Waals surface area contributed by atoms with Crippen LogP contribution in [-0.4, -0.2) is 56.9 Å². The molecular formula is C14H25NO4. The van der Waals surface area contributed by atoms with Crippen molar-refractivity contribution in [3.63, 3.8) is 0 Å². The van der Waals surface area contributed by atoms with Crippen molar-refractivity contribution in [3.8, 4) is 0 Å². The smallest absolute Gasteiger partial charge is 0.104 e. The van der Waals surface area contributed by atoms with Crippen LogP contribution >= 0.6 is 0 Å². The lowest BCUT2D eigenvalue weighted by molar-refractivity contribution is -0.198. The van der Waals surface area contributed by atoms with Gasteiger partial charge in [-0.3, -0.25) is 0 Å². The molecule has 0 amide bonds. The summed E-state index contributed by atoms with van der Waals surface area (Å²) in [6.07, 6.45) is 5.12. The van der Waals surface area contributed by atoms with Crippen LogP contribution in [0.25, 0.3) is 0 Å². The Balaban J connectivity index is 1.61. The Hall–Kier alpha value is -0.200. The summed E-state index contributed by atoms with van der Waals surface area (Å²) in [5.74, 6) is 0. The molecule has 1 spiro atoms. The van der Waals surface area contributed by atoms with E-state index in [0.29, 0.717) is 19.8 Å². The van der Waals surface area contributed by atoms with Gasteiger partial charge in [-0.2, -0.15) is 0 Å². The number of hydrogen-bond donors (Lipinski definition) is 1. The number of nitrogens with two attached hydrogens (primary N) is 1. The van der Waals surface area contributed by atoms with Gasteiger partial charge < -0.3 is 24.7 Å². The van der Waals surface area contributed by atoms with Crippen molar-refractivity contribution in [1.82, 2.24) is 0 Å². The standard InChI is InChI=1S/C14H25NO4/c15-9-14(3-1-5-16-11-14)19-12-2-6-18-13(8-12)4-7-17-10-13/h12H,1-11,15H2. The van der Waals surface area contributed by atoms with Crippen molar-refractivity contribution in [2.45, 2.75) is 49.4 Å². The summed E-state index contributed by atoms with van der Waals surface area (Å²) in [6.45, 7) is 4.27. The lowest BCUT2D eigenvalue weighted by Gasteiger charge is -2.43. The lowest BCUT2D eigenvalue weighted by Crippen LogP contribution is -2.53. The minimum absolute atomic E-state index is 0.103. The second-order valence-electron chi connectivity index (χ2n) is 6.11. The largest absolute Gasteiger partial charge is 0.378 e. The van der Waals surface area contributed by atoms with Gasteiger partial charge in [0.2, 0.25) is 0 Å². The van der Waals surface area contributed by atoms with Crippen molar-refractivity contribution in [3.05, 3.63) is 0 Å². The Labute approximate surface area is 114 Å². The Morgan fingerprint density at radius 2 is 2.00 bits per heavy atom. The summed E-state index contributed by atoms with van der Waals surface area (Å²) in [5.41, 5.74) is 5.56. The molecule has 3 saturated heterocycles. The van der Waals surface area contributed by atoms with Gasteiger partial charge in [0.1, 0.15) is 5.60 Å². The maximum absolute atomic E-state index is 6.37. The Morgan fingerprint density at radius 1 is 1.11 bits per heavy atom. The molecule has 3 unspecified atom stereocenters. The van der Waals surface area contributed by atoms with Crippen LogP contribution in [0.1, 0.15) is 32.1 Å². The van der Waals surface area contributed by atoms with Crippen LogP contribution in [-0.2, 0) is 18.9 Å². The van der Waals surface area contributed by atoms with Crippen LogP contribution in [0, 0.1) is 0 Å². The molecular weight excluding hydrogens is 246 g/mol. The molecule has 0 bridgehead atoms. The monoisotopic (exact) mass is 271 g/mol. The van der Waals surface area contributed by atoms with Gasteiger partial charge in [0.15, 0.2) is 0 Å². The third-order valence-corrected chi connectivity index (χ3v) is 4.59. The van der Waals surface area contributed by atoms with E-state index in [2.05, 4.69) is 0 Å². The van der Waals surface area contributed by atoms with Gasteiger partial charge in [0, 0.05) is 39.2 Å². The lowest BCUT2D eigenvalue weighted by atomic mass is 9.89. The second kappa shape index (κ2) is 5.66. The number of hydrogen-bond acceptors (Lipinski definition) is 5. The first-order valence-corrected chi connectivity index (χ1v) is 7.43. The Morgan fingerprint density at radius 3 is 2.68 bits per heavy atom. The summed E-state index contributed by atoms with van der Waals surface area (Å²) < 4.78 is 23.4. The molecule has 0 aromatic rings. The minimum Gasteiger partial charge on any atom is -0.378 e. The molecule has 0 aromatic carbocycles. The summed E-state index contributed by atoms with van der Waals surface area (Å²) in [7, 11) is 0. The normalized spacial score (nSPS) is 43.7. The van der Waals surface area contributed by atoms with Crippen molar-refractivity contribution in [2.24, 2.45) is 5.73 Å². The van der Waals surface area contributed by atoms with Gasteiger partial charge in [0.05, 0.1) is 24.9 Å². The van der Waals surface area contributed by atoms with Crippen LogP contribution in [0.4, 0.5) is 0 Å². The van der Waals surface area contributed by atoms with E-state index in [1.165, 1.54) is 0 Å². The zero-order valence-corrected chi connectivity index (χ0v) is 11.6. The Bertz CT molecular complexity index is 298. The van der Waals surface area contributed by atoms with E-state index in [1.807, 2.05) is 0 Å². The van der Waals surface area contributed by atoms with E-state index in [1.54, 1.807) is 0 Å². The molecule has 0 radical (unpaired) electrons. The van der Waals surface area contributed by atoms with E-state index < -0.39 is 0 Å². The van der Waals surface area contributed by atoms with E-state index >= 15 is 0 Å². The van der Waals surface area contributed by atoms with Gasteiger partial charge in [-0.1, -0.05) is 0 Å². The van der Waals surface area contributed by atoms with Gasteiger partial charge in [-0.05, 0) is 19.3 Å². The first kappa shape index (κ1) is 13.8. The highest BCUT2D eigenvalue weighted by Crippen LogP contribution is 2.36. The fourth-order valence-corrected chi connectivity index (χ4v) is 3.43. The minimum atomic E-state index is -0.277. The van der Waals surface area contributed by atoms with E-state index in [-0.39, 0.29) is 17.3 Å². The van der Waals surface area contributed by atoms with Crippen LogP contribution in [0.5, 0.6) is 0 Å². The zero-order chi connectivity index (χ0) is 13.2. The maximum Gasteiger partial charge on any atom is 0.104 e. The molecule has 3 rings (SSSR count). The predicted octanol–water partition coefficient (Wildman–Crippen LogP) is 0.849. The first-order chi connectivity index (χ1) is 9.26. The van der Waals surface area contributed by atoms with Gasteiger partial charge >= 0.3 is 0 Å². The van der Waals surface area contributed by atoms with Crippen LogP contribution in [0.2, 0.25) is 0 Å². The molecule has 0 saturated carbocycles. The summed E-state index contributed by atoms with van der Waals surface area (Å²) in [6, 6.07) is 0. The molecule has 0 aliphatic carbocycles. The predicted molar refractivity (Wildman–Crippen MR) is 70.1 cm³/mol. The van der Waals surface area contributed by atoms with Crippen molar-refractivity contribution in [1.29, 1.82) is 0 Å². The van der Waals surface area contributed by atoms with Crippen molar-refractivity contribution in [2.75, 3.05) is 39.6 Å². The molecule has 3 atom stereocenters. The molecule has 3 heterocycles. The van der Waals surface area contributed by atoms with Crippen molar-refractivity contribution >= 4 is 0 Å². The molecule has 110 valence electrons. The highest BCUT2D eigenvalue weighted by Gasteiger charge is 2.44. The van der Waals surface area contributed by atoms with Crippen LogP contribution in [0.3, 0.4) is 0 Å². The van der Waals surface area contributed by atoms with Gasteiger partial charge in [-0.15, -0.1) is 0 Å². The highest BCUT2D eigenvalue weighted by atomic mass is 16.6. The summed E-state index contributed by atoms with van der Waals surface area (Å²) >= 11 is 0. The van der Waals surface area contributed by atoms with Gasteiger partial charge in [-0.25, -0.2) is 0 Å². The zero-order valence-electron chi connectivity index (χ0n) is 11.6. The molecule has 3 aliphatic heterocycles. The second-order valence-corrected chi connectivity index (χ2v) is 6.11. The molecule has 2 N–H and O–H groups in total. The molecule has 3 aliphatic rings. The third kappa shape index (κ3) is 2.95. The van der Waals surface area contributed by atoms with E-state index in [4.69, 9.17) is 24.7 Å². The number of rotatable bonds is 3. The van der Waals surface area contributed by atoms with E-state index in [9.17, 15) is 0 Å². The fraction of sp³-hybridized carbons (Fsp3) is 1.00. The fourth-order valence-electron chi connectivity index (χ4n) is 3.43. The average molecular weight is 271 g/mol. The van der Waals surface area contributed by atoms with E-state index in [0.717, 1.165) is 51.9 Å². The van der Waals surface area contributed by atoms with Gasteiger partial charge in [0.25, 0.3) is 0 Å². The van der Waals surface area contributed by atoms with Crippen molar-refractivity contribution < 1.29 is 18.9 Å². The SMILES string of the molecule is NCC1(OC2CCOC3(CCOC3)C2)CCCOC1.